The van der Waals surface area contributed by atoms with Crippen LogP contribution in [0.15, 0.2) is 48.5 Å². The van der Waals surface area contributed by atoms with Gasteiger partial charge in [0.2, 0.25) is 0 Å². The lowest BCUT2D eigenvalue weighted by Gasteiger charge is -2.31. The number of nitrogens with zero attached hydrogens (tertiary/aromatic N) is 2. The standard InChI is InChI=1S/C20H21N3OS/c1-14-6-8-16(9-7-14)21-20(24)23-12-10-15(11-13-23)19-22-17-4-2-3-5-18(17)25-19/h2-9,15H,10-13H2,1H3,(H,21,24). The Kier molecular flexibility index (Phi) is 4.40. The number of thiazole rings is 1. The summed E-state index contributed by atoms with van der Waals surface area (Å²) in [6.07, 6.45) is 1.95. The number of aryl methyl sites for hydroxylation is 1. The monoisotopic (exact) mass is 351 g/mol. The number of anilines is 1. The summed E-state index contributed by atoms with van der Waals surface area (Å²) in [4.78, 5) is 19.1. The third-order valence-electron chi connectivity index (χ3n) is 4.74. The fourth-order valence-electron chi connectivity index (χ4n) is 3.23. The first kappa shape index (κ1) is 16.1. The molecule has 1 aliphatic rings. The summed E-state index contributed by atoms with van der Waals surface area (Å²) >= 11 is 1.79. The fraction of sp³-hybridized carbons (Fsp3) is 0.300. The van der Waals surface area contributed by atoms with Gasteiger partial charge < -0.3 is 10.2 Å². The normalized spacial score (nSPS) is 15.5. The van der Waals surface area contributed by atoms with Gasteiger partial charge in [0, 0.05) is 24.7 Å². The molecule has 3 aromatic rings. The summed E-state index contributed by atoms with van der Waals surface area (Å²) in [5.41, 5.74) is 3.13. The number of carbonyl (C=O) groups excluding carboxylic acids is 1. The Labute approximate surface area is 151 Å². The van der Waals surface area contributed by atoms with E-state index in [4.69, 9.17) is 4.98 Å². The molecule has 1 aliphatic heterocycles. The van der Waals surface area contributed by atoms with E-state index < -0.39 is 0 Å². The van der Waals surface area contributed by atoms with Crippen LogP contribution in [0, 0.1) is 6.92 Å². The predicted molar refractivity (Wildman–Crippen MR) is 103 cm³/mol. The number of aromatic nitrogens is 1. The second-order valence-corrected chi connectivity index (χ2v) is 7.64. The van der Waals surface area contributed by atoms with Gasteiger partial charge in [0.1, 0.15) is 0 Å². The number of para-hydroxylation sites is 1. The van der Waals surface area contributed by atoms with Crippen molar-refractivity contribution in [2.75, 3.05) is 18.4 Å². The average Bonchev–Trinajstić information content (AvgIpc) is 3.08. The van der Waals surface area contributed by atoms with Gasteiger partial charge in [0.25, 0.3) is 0 Å². The number of piperidine rings is 1. The van der Waals surface area contributed by atoms with E-state index >= 15 is 0 Å². The van der Waals surface area contributed by atoms with E-state index in [0.717, 1.165) is 37.1 Å². The Morgan fingerprint density at radius 2 is 1.84 bits per heavy atom. The number of benzene rings is 2. The molecule has 0 unspecified atom stereocenters. The van der Waals surface area contributed by atoms with E-state index in [0.29, 0.717) is 5.92 Å². The van der Waals surface area contributed by atoms with Crippen LogP contribution in [0.2, 0.25) is 0 Å². The van der Waals surface area contributed by atoms with E-state index in [1.807, 2.05) is 42.2 Å². The minimum absolute atomic E-state index is 0.00778. The summed E-state index contributed by atoms with van der Waals surface area (Å²) < 4.78 is 1.25. The molecule has 128 valence electrons. The number of nitrogens with one attached hydrogen (secondary N) is 1. The summed E-state index contributed by atoms with van der Waals surface area (Å²) in [6.45, 7) is 3.59. The van der Waals surface area contributed by atoms with Crippen molar-refractivity contribution in [1.82, 2.24) is 9.88 Å². The zero-order chi connectivity index (χ0) is 17.2. The van der Waals surface area contributed by atoms with Gasteiger partial charge in [-0.1, -0.05) is 29.8 Å². The molecular weight excluding hydrogens is 330 g/mol. The van der Waals surface area contributed by atoms with Crippen LogP contribution in [0.5, 0.6) is 0 Å². The van der Waals surface area contributed by atoms with Crippen molar-refractivity contribution in [3.63, 3.8) is 0 Å². The first-order valence-corrected chi connectivity index (χ1v) is 9.49. The van der Waals surface area contributed by atoms with Crippen LogP contribution in [0.4, 0.5) is 10.5 Å². The highest BCUT2D eigenvalue weighted by atomic mass is 32.1. The van der Waals surface area contributed by atoms with Gasteiger partial charge in [0.15, 0.2) is 0 Å². The second-order valence-electron chi connectivity index (χ2n) is 6.58. The minimum atomic E-state index is -0.00778. The van der Waals surface area contributed by atoms with Crippen LogP contribution >= 0.6 is 11.3 Å². The highest BCUT2D eigenvalue weighted by molar-refractivity contribution is 7.18. The lowest BCUT2D eigenvalue weighted by atomic mass is 9.98. The Morgan fingerprint density at radius 3 is 2.56 bits per heavy atom. The molecule has 4 rings (SSSR count). The van der Waals surface area contributed by atoms with Gasteiger partial charge in [-0.3, -0.25) is 0 Å². The first-order valence-electron chi connectivity index (χ1n) is 8.67. The van der Waals surface area contributed by atoms with Gasteiger partial charge in [0.05, 0.1) is 15.2 Å². The largest absolute Gasteiger partial charge is 0.324 e. The quantitative estimate of drug-likeness (QED) is 0.705. The highest BCUT2D eigenvalue weighted by Crippen LogP contribution is 2.33. The molecule has 5 heteroatoms. The Morgan fingerprint density at radius 1 is 1.12 bits per heavy atom. The van der Waals surface area contributed by atoms with Crippen LogP contribution in [-0.2, 0) is 0 Å². The summed E-state index contributed by atoms with van der Waals surface area (Å²) in [5.74, 6) is 0.459. The molecule has 1 aromatic heterocycles. The molecule has 2 amide bonds. The smallest absolute Gasteiger partial charge is 0.321 e. The molecule has 0 spiro atoms. The van der Waals surface area contributed by atoms with Crippen molar-refractivity contribution < 1.29 is 4.79 Å². The Hall–Kier alpha value is -2.40. The van der Waals surface area contributed by atoms with Gasteiger partial charge in [-0.25, -0.2) is 9.78 Å². The fourth-order valence-corrected chi connectivity index (χ4v) is 4.37. The second kappa shape index (κ2) is 6.84. The summed E-state index contributed by atoms with van der Waals surface area (Å²) in [5, 5.41) is 4.20. The van der Waals surface area contributed by atoms with Crippen molar-refractivity contribution >= 4 is 33.3 Å². The molecule has 0 radical (unpaired) electrons. The molecule has 4 nitrogen and oxygen atoms in total. The van der Waals surface area contributed by atoms with Crippen molar-refractivity contribution in [2.45, 2.75) is 25.7 Å². The lowest BCUT2D eigenvalue weighted by Crippen LogP contribution is -2.40. The number of fused-ring (bicyclic) bond motifs is 1. The molecule has 0 saturated carbocycles. The summed E-state index contributed by atoms with van der Waals surface area (Å²) in [6, 6.07) is 16.2. The number of carbonyl (C=O) groups is 1. The van der Waals surface area contributed by atoms with Crippen molar-refractivity contribution in [1.29, 1.82) is 0 Å². The maximum Gasteiger partial charge on any atom is 0.321 e. The molecule has 2 aromatic carbocycles. The zero-order valence-electron chi connectivity index (χ0n) is 14.2. The van der Waals surface area contributed by atoms with Crippen LogP contribution in [0.3, 0.4) is 0 Å². The Balaban J connectivity index is 1.37. The van der Waals surface area contributed by atoms with Gasteiger partial charge >= 0.3 is 6.03 Å². The molecule has 0 atom stereocenters. The number of amides is 2. The lowest BCUT2D eigenvalue weighted by molar-refractivity contribution is 0.194. The number of rotatable bonds is 2. The summed E-state index contributed by atoms with van der Waals surface area (Å²) in [7, 11) is 0. The maximum atomic E-state index is 12.4. The maximum absolute atomic E-state index is 12.4. The number of likely N-dealkylation sites (tertiary alicyclic amines) is 1. The molecule has 1 fully saturated rings. The number of urea groups is 1. The molecule has 1 N–H and O–H groups in total. The molecular formula is C20H21N3OS. The van der Waals surface area contributed by atoms with Gasteiger partial charge in [-0.2, -0.15) is 0 Å². The topological polar surface area (TPSA) is 45.2 Å². The van der Waals surface area contributed by atoms with E-state index in [2.05, 4.69) is 23.5 Å². The van der Waals surface area contributed by atoms with E-state index in [1.54, 1.807) is 11.3 Å². The Bertz CT molecular complexity index is 846. The SMILES string of the molecule is Cc1ccc(NC(=O)N2CCC(c3nc4ccccc4s3)CC2)cc1. The van der Waals surface area contributed by atoms with Crippen molar-refractivity contribution in [2.24, 2.45) is 0 Å². The van der Waals surface area contributed by atoms with Gasteiger partial charge in [-0.15, -0.1) is 11.3 Å². The number of hydrogen-bond acceptors (Lipinski definition) is 3. The highest BCUT2D eigenvalue weighted by Gasteiger charge is 2.25. The van der Waals surface area contributed by atoms with Crippen molar-refractivity contribution in [3.05, 3.63) is 59.1 Å². The third-order valence-corrected chi connectivity index (χ3v) is 5.94. The van der Waals surface area contributed by atoms with Crippen LogP contribution in [0.25, 0.3) is 10.2 Å². The molecule has 0 bridgehead atoms. The number of hydrogen-bond donors (Lipinski definition) is 1. The third kappa shape index (κ3) is 3.51. The minimum Gasteiger partial charge on any atom is -0.324 e. The van der Waals surface area contributed by atoms with E-state index in [9.17, 15) is 4.79 Å². The molecule has 25 heavy (non-hydrogen) atoms. The van der Waals surface area contributed by atoms with Crippen LogP contribution in [-0.4, -0.2) is 29.0 Å². The average molecular weight is 351 g/mol. The zero-order valence-corrected chi connectivity index (χ0v) is 15.1. The first-order chi connectivity index (χ1) is 12.2. The molecule has 1 saturated heterocycles. The van der Waals surface area contributed by atoms with Crippen LogP contribution in [0.1, 0.15) is 29.3 Å². The molecule has 2 heterocycles. The predicted octanol–water partition coefficient (Wildman–Crippen LogP) is 5.02. The molecule has 0 aliphatic carbocycles. The van der Waals surface area contributed by atoms with E-state index in [1.165, 1.54) is 15.3 Å². The van der Waals surface area contributed by atoms with Crippen molar-refractivity contribution in [3.8, 4) is 0 Å². The van der Waals surface area contributed by atoms with Crippen LogP contribution < -0.4 is 5.32 Å². The van der Waals surface area contributed by atoms with E-state index in [-0.39, 0.29) is 6.03 Å². The van der Waals surface area contributed by atoms with Gasteiger partial charge in [-0.05, 0) is 44.0 Å².